The number of aryl methyl sites for hydroxylation is 1. The fourth-order valence-corrected chi connectivity index (χ4v) is 1.77. The minimum atomic E-state index is 0.0860. The van der Waals surface area contributed by atoms with Gasteiger partial charge in [-0.2, -0.15) is 9.97 Å². The zero-order valence-electron chi connectivity index (χ0n) is 11.4. The van der Waals surface area contributed by atoms with Gasteiger partial charge < -0.3 is 15.0 Å². The second-order valence-corrected chi connectivity index (χ2v) is 4.38. The highest BCUT2D eigenvalue weighted by Gasteiger charge is 2.10. The van der Waals surface area contributed by atoms with E-state index in [-0.39, 0.29) is 12.6 Å². The Hall–Kier alpha value is -2.96. The molecule has 0 amide bonds. The molecular formula is C14H13N5O2. The van der Waals surface area contributed by atoms with Gasteiger partial charge in [-0.25, -0.2) is 4.98 Å². The van der Waals surface area contributed by atoms with E-state index in [1.807, 2.05) is 37.3 Å². The molecule has 2 aromatic heterocycles. The molecule has 2 N–H and O–H groups in total. The molecule has 0 bridgehead atoms. The summed E-state index contributed by atoms with van der Waals surface area (Å²) in [5, 5.41) is 3.90. The summed E-state index contributed by atoms with van der Waals surface area (Å²) >= 11 is 0. The normalized spacial score (nSPS) is 10.5. The van der Waals surface area contributed by atoms with Crippen LogP contribution in [0.2, 0.25) is 0 Å². The van der Waals surface area contributed by atoms with E-state index in [1.165, 1.54) is 0 Å². The lowest BCUT2D eigenvalue weighted by molar-refractivity contribution is 0.227. The Labute approximate surface area is 120 Å². The van der Waals surface area contributed by atoms with Crippen molar-refractivity contribution in [2.75, 3.05) is 5.73 Å². The zero-order chi connectivity index (χ0) is 14.7. The first kappa shape index (κ1) is 13.0. The number of nitrogens with zero attached hydrogens (tertiary/aromatic N) is 4. The third-order valence-corrected chi connectivity index (χ3v) is 2.68. The summed E-state index contributed by atoms with van der Waals surface area (Å²) in [6.07, 6.45) is 0. The second-order valence-electron chi connectivity index (χ2n) is 4.38. The predicted molar refractivity (Wildman–Crippen MR) is 75.2 cm³/mol. The van der Waals surface area contributed by atoms with Gasteiger partial charge in [0.25, 0.3) is 5.89 Å². The van der Waals surface area contributed by atoms with E-state index in [0.29, 0.717) is 17.5 Å². The van der Waals surface area contributed by atoms with E-state index in [2.05, 4.69) is 20.1 Å². The van der Waals surface area contributed by atoms with E-state index >= 15 is 0 Å². The zero-order valence-corrected chi connectivity index (χ0v) is 11.4. The molecule has 0 saturated carbocycles. The Morgan fingerprint density at radius 1 is 1.14 bits per heavy atom. The van der Waals surface area contributed by atoms with Crippen LogP contribution >= 0.6 is 0 Å². The molecule has 0 spiro atoms. The third-order valence-electron chi connectivity index (χ3n) is 2.68. The highest BCUT2D eigenvalue weighted by molar-refractivity contribution is 5.53. The first-order chi connectivity index (χ1) is 10.2. The van der Waals surface area contributed by atoms with Crippen molar-refractivity contribution in [3.05, 3.63) is 48.0 Å². The molecule has 3 rings (SSSR count). The molecule has 3 aromatic rings. The van der Waals surface area contributed by atoms with E-state index < -0.39 is 0 Å². The number of nitrogens with two attached hydrogens (primary N) is 1. The lowest BCUT2D eigenvalue weighted by Crippen LogP contribution is -2.03. The van der Waals surface area contributed by atoms with Crippen LogP contribution in [0.5, 0.6) is 6.01 Å². The Morgan fingerprint density at radius 2 is 1.95 bits per heavy atom. The summed E-state index contributed by atoms with van der Waals surface area (Å²) in [6, 6.07) is 11.4. The number of ether oxygens (including phenoxy) is 1. The maximum atomic E-state index is 5.63. The average Bonchev–Trinajstić information content (AvgIpc) is 2.94. The summed E-state index contributed by atoms with van der Waals surface area (Å²) in [6.45, 7) is 1.90. The van der Waals surface area contributed by atoms with Crippen molar-refractivity contribution in [3.63, 3.8) is 0 Å². The number of benzene rings is 1. The lowest BCUT2D eigenvalue weighted by Gasteiger charge is -2.02. The van der Waals surface area contributed by atoms with Crippen molar-refractivity contribution < 1.29 is 9.26 Å². The van der Waals surface area contributed by atoms with Gasteiger partial charge in [-0.05, 0) is 6.92 Å². The van der Waals surface area contributed by atoms with Crippen molar-refractivity contribution in [1.82, 2.24) is 20.1 Å². The molecule has 106 valence electrons. The standard InChI is InChI=1S/C14H13N5O2/c1-9-7-11(15)17-14(16-9)20-8-12-18-13(19-21-12)10-5-3-2-4-6-10/h2-7H,8H2,1H3,(H2,15,16,17). The molecular weight excluding hydrogens is 270 g/mol. The number of hydrogen-bond donors (Lipinski definition) is 1. The molecule has 0 saturated heterocycles. The van der Waals surface area contributed by atoms with Gasteiger partial charge in [-0.3, -0.25) is 0 Å². The molecule has 0 aliphatic rings. The van der Waals surface area contributed by atoms with E-state index in [1.54, 1.807) is 6.07 Å². The topological polar surface area (TPSA) is 100.0 Å². The fourth-order valence-electron chi connectivity index (χ4n) is 1.77. The van der Waals surface area contributed by atoms with Crippen molar-refractivity contribution in [1.29, 1.82) is 0 Å². The SMILES string of the molecule is Cc1cc(N)nc(OCc2nc(-c3ccccc3)no2)n1. The van der Waals surface area contributed by atoms with Crippen LogP contribution in [0.4, 0.5) is 5.82 Å². The van der Waals surface area contributed by atoms with Crippen LogP contribution in [-0.2, 0) is 6.61 Å². The number of nitrogen functional groups attached to an aromatic ring is 1. The molecule has 0 fully saturated rings. The van der Waals surface area contributed by atoms with Gasteiger partial charge in [0.05, 0.1) is 0 Å². The monoisotopic (exact) mass is 283 g/mol. The maximum absolute atomic E-state index is 5.63. The molecule has 0 radical (unpaired) electrons. The molecule has 0 atom stereocenters. The summed E-state index contributed by atoms with van der Waals surface area (Å²) in [4.78, 5) is 12.3. The second kappa shape index (κ2) is 5.58. The summed E-state index contributed by atoms with van der Waals surface area (Å²) in [7, 11) is 0. The van der Waals surface area contributed by atoms with Gasteiger partial charge in [-0.15, -0.1) is 0 Å². The Kier molecular flexibility index (Phi) is 3.46. The molecule has 2 heterocycles. The quantitative estimate of drug-likeness (QED) is 0.781. The largest absolute Gasteiger partial charge is 0.453 e. The van der Waals surface area contributed by atoms with Gasteiger partial charge in [0.15, 0.2) is 6.61 Å². The van der Waals surface area contributed by atoms with Crippen LogP contribution in [0.15, 0.2) is 40.9 Å². The van der Waals surface area contributed by atoms with Crippen molar-refractivity contribution >= 4 is 5.82 Å². The van der Waals surface area contributed by atoms with Crippen LogP contribution in [0.1, 0.15) is 11.6 Å². The van der Waals surface area contributed by atoms with Crippen LogP contribution in [0, 0.1) is 6.92 Å². The number of hydrogen-bond acceptors (Lipinski definition) is 7. The minimum Gasteiger partial charge on any atom is -0.453 e. The van der Waals surface area contributed by atoms with Crippen LogP contribution in [-0.4, -0.2) is 20.1 Å². The van der Waals surface area contributed by atoms with Crippen LogP contribution in [0.25, 0.3) is 11.4 Å². The fraction of sp³-hybridized carbons (Fsp3) is 0.143. The van der Waals surface area contributed by atoms with Crippen LogP contribution < -0.4 is 10.5 Å². The summed E-state index contributed by atoms with van der Waals surface area (Å²) < 4.78 is 10.5. The van der Waals surface area contributed by atoms with E-state index in [4.69, 9.17) is 15.0 Å². The smallest absolute Gasteiger partial charge is 0.319 e. The molecule has 0 aliphatic carbocycles. The highest BCUT2D eigenvalue weighted by Crippen LogP contribution is 2.16. The van der Waals surface area contributed by atoms with Gasteiger partial charge >= 0.3 is 6.01 Å². The van der Waals surface area contributed by atoms with Gasteiger partial charge in [0.2, 0.25) is 5.82 Å². The van der Waals surface area contributed by atoms with Crippen molar-refractivity contribution in [3.8, 4) is 17.4 Å². The third kappa shape index (κ3) is 3.14. The van der Waals surface area contributed by atoms with Gasteiger partial charge in [-0.1, -0.05) is 35.5 Å². The molecule has 0 aliphatic heterocycles. The van der Waals surface area contributed by atoms with E-state index in [9.17, 15) is 0 Å². The van der Waals surface area contributed by atoms with Gasteiger partial charge in [0.1, 0.15) is 5.82 Å². The number of anilines is 1. The molecule has 21 heavy (non-hydrogen) atoms. The molecule has 7 nitrogen and oxygen atoms in total. The number of rotatable bonds is 4. The summed E-state index contributed by atoms with van der Waals surface area (Å²) in [5.41, 5.74) is 7.23. The number of aromatic nitrogens is 4. The Morgan fingerprint density at radius 3 is 2.71 bits per heavy atom. The minimum absolute atomic E-state index is 0.0860. The molecule has 0 unspecified atom stereocenters. The van der Waals surface area contributed by atoms with Gasteiger partial charge in [0, 0.05) is 17.3 Å². The van der Waals surface area contributed by atoms with E-state index in [0.717, 1.165) is 11.3 Å². The summed E-state index contributed by atoms with van der Waals surface area (Å²) in [5.74, 6) is 1.21. The van der Waals surface area contributed by atoms with Crippen LogP contribution in [0.3, 0.4) is 0 Å². The predicted octanol–water partition coefficient (Wildman–Crippen LogP) is 2.00. The average molecular weight is 283 g/mol. The lowest BCUT2D eigenvalue weighted by atomic mass is 10.2. The van der Waals surface area contributed by atoms with Crippen molar-refractivity contribution in [2.45, 2.75) is 13.5 Å². The Balaban J connectivity index is 1.70. The highest BCUT2D eigenvalue weighted by atomic mass is 16.5. The van der Waals surface area contributed by atoms with Crippen molar-refractivity contribution in [2.24, 2.45) is 0 Å². The Bertz CT molecular complexity index is 722. The molecule has 1 aromatic carbocycles. The molecule has 7 heteroatoms. The maximum Gasteiger partial charge on any atom is 0.319 e. The first-order valence-electron chi connectivity index (χ1n) is 6.33. The first-order valence-corrected chi connectivity index (χ1v) is 6.33.